The maximum Gasteiger partial charge on any atom is 0.239 e. The number of halogens is 1. The van der Waals surface area contributed by atoms with Crippen LogP contribution >= 0.6 is 15.9 Å². The molecular weight excluding hydrogens is 284 g/mol. The molecule has 1 saturated heterocycles. The highest BCUT2D eigenvalue weighted by atomic mass is 79.9. The van der Waals surface area contributed by atoms with Gasteiger partial charge in [-0.05, 0) is 17.7 Å². The molecule has 0 aromatic heterocycles. The summed E-state index contributed by atoms with van der Waals surface area (Å²) in [6.07, 6.45) is 0. The molecule has 0 radical (unpaired) electrons. The predicted octanol–water partition coefficient (Wildman–Crippen LogP) is 1.05. The van der Waals surface area contributed by atoms with Gasteiger partial charge < -0.3 is 15.4 Å². The highest BCUT2D eigenvalue weighted by Crippen LogP contribution is 2.11. The minimum atomic E-state index is -0.226. The van der Waals surface area contributed by atoms with E-state index in [-0.39, 0.29) is 11.9 Å². The third-order valence-corrected chi connectivity index (χ3v) is 3.09. The van der Waals surface area contributed by atoms with Gasteiger partial charge in [0.15, 0.2) is 0 Å². The molecule has 1 amide bonds. The van der Waals surface area contributed by atoms with Crippen LogP contribution in [0.5, 0.6) is 0 Å². The van der Waals surface area contributed by atoms with Gasteiger partial charge in [-0.1, -0.05) is 28.1 Å². The van der Waals surface area contributed by atoms with E-state index in [9.17, 15) is 4.79 Å². The second kappa shape index (κ2) is 6.14. The number of carbonyl (C=O) groups excluding carboxylic acids is 1. The van der Waals surface area contributed by atoms with E-state index in [2.05, 4.69) is 26.6 Å². The van der Waals surface area contributed by atoms with Crippen molar-refractivity contribution in [2.45, 2.75) is 12.6 Å². The molecule has 2 rings (SSSR count). The van der Waals surface area contributed by atoms with Gasteiger partial charge in [0, 0.05) is 17.6 Å². The van der Waals surface area contributed by atoms with Crippen molar-refractivity contribution >= 4 is 21.8 Å². The van der Waals surface area contributed by atoms with E-state index in [0.717, 1.165) is 16.6 Å². The first-order valence-corrected chi connectivity index (χ1v) is 6.38. The Hall–Kier alpha value is -0.910. The Bertz CT molecular complexity index is 392. The van der Waals surface area contributed by atoms with Crippen LogP contribution in [0.2, 0.25) is 0 Å². The largest absolute Gasteiger partial charge is 0.378 e. The number of carbonyl (C=O) groups is 1. The van der Waals surface area contributed by atoms with Crippen molar-refractivity contribution in [1.29, 1.82) is 0 Å². The fourth-order valence-electron chi connectivity index (χ4n) is 1.69. The molecule has 0 spiro atoms. The lowest BCUT2D eigenvalue weighted by atomic mass is 10.2. The Labute approximate surface area is 109 Å². The number of morpholine rings is 1. The van der Waals surface area contributed by atoms with E-state index >= 15 is 0 Å². The van der Waals surface area contributed by atoms with E-state index < -0.39 is 0 Å². The van der Waals surface area contributed by atoms with Crippen molar-refractivity contribution in [1.82, 2.24) is 10.6 Å². The SMILES string of the molecule is O=C(NCc1cccc(Br)c1)C1COCCN1. The lowest BCUT2D eigenvalue weighted by Gasteiger charge is -2.22. The predicted molar refractivity (Wildman–Crippen MR) is 68.6 cm³/mol. The average Bonchev–Trinajstić information content (AvgIpc) is 2.37. The van der Waals surface area contributed by atoms with Crippen LogP contribution in [0.4, 0.5) is 0 Å². The van der Waals surface area contributed by atoms with Crippen molar-refractivity contribution in [3.8, 4) is 0 Å². The van der Waals surface area contributed by atoms with Crippen LogP contribution in [0.15, 0.2) is 28.7 Å². The minimum absolute atomic E-state index is 0.00956. The van der Waals surface area contributed by atoms with Gasteiger partial charge in [-0.15, -0.1) is 0 Å². The molecule has 1 aliphatic heterocycles. The first kappa shape index (κ1) is 12.5. The molecule has 92 valence electrons. The normalized spacial score (nSPS) is 19.9. The molecule has 1 fully saturated rings. The summed E-state index contributed by atoms with van der Waals surface area (Å²) in [4.78, 5) is 11.8. The summed E-state index contributed by atoms with van der Waals surface area (Å²) in [6, 6.07) is 7.66. The number of ether oxygens (including phenoxy) is 1. The van der Waals surface area contributed by atoms with Crippen LogP contribution in [0.25, 0.3) is 0 Å². The van der Waals surface area contributed by atoms with Gasteiger partial charge in [-0.3, -0.25) is 4.79 Å². The van der Waals surface area contributed by atoms with Crippen LogP contribution in [0, 0.1) is 0 Å². The molecule has 5 heteroatoms. The van der Waals surface area contributed by atoms with E-state index in [0.29, 0.717) is 19.8 Å². The van der Waals surface area contributed by atoms with Crippen molar-refractivity contribution in [3.63, 3.8) is 0 Å². The summed E-state index contributed by atoms with van der Waals surface area (Å²) in [5.41, 5.74) is 1.07. The third-order valence-electron chi connectivity index (χ3n) is 2.59. The second-order valence-corrected chi connectivity index (χ2v) is 4.85. The topological polar surface area (TPSA) is 50.4 Å². The van der Waals surface area contributed by atoms with E-state index in [1.54, 1.807) is 0 Å². The van der Waals surface area contributed by atoms with Gasteiger partial charge >= 0.3 is 0 Å². The fourth-order valence-corrected chi connectivity index (χ4v) is 2.14. The Morgan fingerprint density at radius 2 is 2.47 bits per heavy atom. The molecule has 0 aliphatic carbocycles. The summed E-state index contributed by atoms with van der Waals surface area (Å²) < 4.78 is 6.26. The second-order valence-electron chi connectivity index (χ2n) is 3.93. The Morgan fingerprint density at radius 1 is 1.59 bits per heavy atom. The molecule has 1 aromatic rings. The summed E-state index contributed by atoms with van der Waals surface area (Å²) in [7, 11) is 0. The van der Waals surface area contributed by atoms with Crippen molar-refractivity contribution in [3.05, 3.63) is 34.3 Å². The molecule has 0 bridgehead atoms. The maximum atomic E-state index is 11.8. The first-order chi connectivity index (χ1) is 8.25. The molecule has 17 heavy (non-hydrogen) atoms. The zero-order valence-electron chi connectivity index (χ0n) is 9.41. The monoisotopic (exact) mass is 298 g/mol. The summed E-state index contributed by atoms with van der Waals surface area (Å²) in [5, 5.41) is 6.01. The van der Waals surface area contributed by atoms with Gasteiger partial charge in [0.05, 0.1) is 13.2 Å². The Kier molecular flexibility index (Phi) is 4.53. The smallest absolute Gasteiger partial charge is 0.239 e. The molecule has 1 heterocycles. The number of hydrogen-bond donors (Lipinski definition) is 2. The van der Waals surface area contributed by atoms with Crippen LogP contribution in [0.3, 0.4) is 0 Å². The molecule has 1 aromatic carbocycles. The van der Waals surface area contributed by atoms with Crippen LogP contribution in [-0.2, 0) is 16.1 Å². The van der Waals surface area contributed by atoms with Crippen molar-refractivity contribution in [2.75, 3.05) is 19.8 Å². The van der Waals surface area contributed by atoms with Crippen molar-refractivity contribution in [2.24, 2.45) is 0 Å². The van der Waals surface area contributed by atoms with Crippen LogP contribution in [-0.4, -0.2) is 31.7 Å². The summed E-state index contributed by atoms with van der Waals surface area (Å²) in [5.74, 6) is -0.00956. The van der Waals surface area contributed by atoms with Gasteiger partial charge in [0.2, 0.25) is 5.91 Å². The van der Waals surface area contributed by atoms with Crippen LogP contribution in [0.1, 0.15) is 5.56 Å². The Balaban J connectivity index is 1.83. The average molecular weight is 299 g/mol. The highest BCUT2D eigenvalue weighted by Gasteiger charge is 2.20. The standard InChI is InChI=1S/C12H15BrN2O2/c13-10-3-1-2-9(6-10)7-15-12(16)11-8-17-5-4-14-11/h1-3,6,11,14H,4-5,7-8H2,(H,15,16). The van der Waals surface area contributed by atoms with E-state index in [4.69, 9.17) is 4.74 Å². The highest BCUT2D eigenvalue weighted by molar-refractivity contribution is 9.10. The third kappa shape index (κ3) is 3.80. The lowest BCUT2D eigenvalue weighted by Crippen LogP contribution is -2.51. The molecule has 0 saturated carbocycles. The summed E-state index contributed by atoms with van der Waals surface area (Å²) in [6.45, 7) is 2.39. The van der Waals surface area contributed by atoms with Crippen molar-refractivity contribution < 1.29 is 9.53 Å². The Morgan fingerprint density at radius 3 is 3.18 bits per heavy atom. The quantitative estimate of drug-likeness (QED) is 0.877. The number of nitrogens with one attached hydrogen (secondary N) is 2. The molecule has 1 aliphatic rings. The van der Waals surface area contributed by atoms with Gasteiger partial charge in [0.25, 0.3) is 0 Å². The van der Waals surface area contributed by atoms with E-state index in [1.165, 1.54) is 0 Å². The molecule has 1 atom stereocenters. The number of rotatable bonds is 3. The maximum absolute atomic E-state index is 11.8. The number of amides is 1. The number of hydrogen-bond acceptors (Lipinski definition) is 3. The fraction of sp³-hybridized carbons (Fsp3) is 0.417. The van der Waals surface area contributed by atoms with E-state index in [1.807, 2.05) is 24.3 Å². The first-order valence-electron chi connectivity index (χ1n) is 5.59. The minimum Gasteiger partial charge on any atom is -0.378 e. The molecular formula is C12H15BrN2O2. The number of benzene rings is 1. The molecule has 4 nitrogen and oxygen atoms in total. The lowest BCUT2D eigenvalue weighted by molar-refractivity contribution is -0.126. The molecule has 2 N–H and O–H groups in total. The summed E-state index contributed by atoms with van der Waals surface area (Å²) >= 11 is 3.40. The molecule has 1 unspecified atom stereocenters. The van der Waals surface area contributed by atoms with Gasteiger partial charge in [0.1, 0.15) is 6.04 Å². The van der Waals surface area contributed by atoms with Crippen LogP contribution < -0.4 is 10.6 Å². The zero-order chi connectivity index (χ0) is 12.1. The zero-order valence-corrected chi connectivity index (χ0v) is 11.0. The van der Waals surface area contributed by atoms with Gasteiger partial charge in [-0.25, -0.2) is 0 Å². The van der Waals surface area contributed by atoms with Gasteiger partial charge in [-0.2, -0.15) is 0 Å².